The third-order valence-electron chi connectivity index (χ3n) is 5.73. The Morgan fingerprint density at radius 1 is 1.30 bits per heavy atom. The summed E-state index contributed by atoms with van der Waals surface area (Å²) in [7, 11) is 1.75. The second-order valence-corrected chi connectivity index (χ2v) is 6.63. The van der Waals surface area contributed by atoms with Gasteiger partial charge in [0.25, 0.3) is 0 Å². The van der Waals surface area contributed by atoms with E-state index in [4.69, 9.17) is 14.2 Å². The van der Waals surface area contributed by atoms with Crippen molar-refractivity contribution in [2.75, 3.05) is 20.4 Å². The van der Waals surface area contributed by atoms with Crippen LogP contribution in [0.1, 0.15) is 17.5 Å². The molecule has 2 bridgehead atoms. The van der Waals surface area contributed by atoms with Gasteiger partial charge in [0.2, 0.25) is 6.79 Å². The van der Waals surface area contributed by atoms with Crippen LogP contribution < -0.4 is 9.47 Å². The predicted octanol–water partition coefficient (Wildman–Crippen LogP) is 1.61. The number of nitrogens with zero attached hydrogens (tertiary/aromatic N) is 1. The summed E-state index contributed by atoms with van der Waals surface area (Å²) in [6.45, 7) is 1.83. The number of hydrogen-bond acceptors (Lipinski definition) is 5. The van der Waals surface area contributed by atoms with Crippen molar-refractivity contribution in [3.63, 3.8) is 0 Å². The molecular weight excluding hydrogens is 318 g/mol. The van der Waals surface area contributed by atoms with Crippen LogP contribution in [0.2, 0.25) is 0 Å². The molecule has 1 aliphatic carbocycles. The summed E-state index contributed by atoms with van der Waals surface area (Å²) in [5.74, 6) is 1.61. The number of fused-ring (bicyclic) bond motifs is 2. The second-order valence-electron chi connectivity index (χ2n) is 6.63. The van der Waals surface area contributed by atoms with Crippen molar-refractivity contribution in [1.29, 1.82) is 0 Å². The van der Waals surface area contributed by atoms with Gasteiger partial charge >= 0.3 is 0 Å². The van der Waals surface area contributed by atoms with Crippen molar-refractivity contribution in [3.05, 3.63) is 35.4 Å². The number of aliphatic hydroxyl groups excluding tert-OH is 1. The molecule has 1 N–H and O–H groups in total. The van der Waals surface area contributed by atoms with Crippen LogP contribution >= 0.6 is 12.4 Å². The monoisotopic (exact) mass is 337 g/mol. The summed E-state index contributed by atoms with van der Waals surface area (Å²) in [5.41, 5.74) is 2.08. The first-order valence-corrected chi connectivity index (χ1v) is 7.79. The van der Waals surface area contributed by atoms with Crippen LogP contribution in [-0.4, -0.2) is 48.7 Å². The lowest BCUT2D eigenvalue weighted by Gasteiger charge is -2.46. The molecule has 3 aliphatic heterocycles. The van der Waals surface area contributed by atoms with Crippen LogP contribution in [0.25, 0.3) is 0 Å². The lowest BCUT2D eigenvalue weighted by Crippen LogP contribution is -2.52. The summed E-state index contributed by atoms with van der Waals surface area (Å²) < 4.78 is 16.6. The van der Waals surface area contributed by atoms with E-state index in [1.54, 1.807) is 7.11 Å². The highest BCUT2D eigenvalue weighted by Gasteiger charge is 2.58. The number of benzene rings is 1. The van der Waals surface area contributed by atoms with Crippen molar-refractivity contribution >= 4 is 12.4 Å². The molecule has 0 aromatic heterocycles. The molecular formula is C17H20ClNO4. The summed E-state index contributed by atoms with van der Waals surface area (Å²) in [6, 6.07) is 4.44. The maximum absolute atomic E-state index is 10.8. The Bertz CT molecular complexity index is 679. The van der Waals surface area contributed by atoms with E-state index in [0.29, 0.717) is 6.54 Å². The minimum Gasteiger partial charge on any atom is -0.454 e. The van der Waals surface area contributed by atoms with Gasteiger partial charge in [-0.15, -0.1) is 12.4 Å². The Labute approximate surface area is 141 Å². The molecule has 23 heavy (non-hydrogen) atoms. The lowest BCUT2D eigenvalue weighted by molar-refractivity contribution is 0.0660. The van der Waals surface area contributed by atoms with Crippen molar-refractivity contribution in [2.45, 2.75) is 36.6 Å². The van der Waals surface area contributed by atoms with Gasteiger partial charge in [0.05, 0.1) is 17.6 Å². The van der Waals surface area contributed by atoms with Crippen molar-refractivity contribution in [3.8, 4) is 11.5 Å². The first kappa shape index (κ1) is 15.3. The minimum absolute atomic E-state index is 0. The van der Waals surface area contributed by atoms with E-state index in [-0.39, 0.29) is 36.8 Å². The molecule has 124 valence electrons. The Morgan fingerprint density at radius 3 is 2.87 bits per heavy atom. The molecule has 1 aromatic carbocycles. The van der Waals surface area contributed by atoms with E-state index in [9.17, 15) is 5.11 Å². The Hall–Kier alpha value is -1.27. The highest BCUT2D eigenvalue weighted by molar-refractivity contribution is 5.85. The maximum atomic E-state index is 10.8. The van der Waals surface area contributed by atoms with E-state index < -0.39 is 6.10 Å². The van der Waals surface area contributed by atoms with E-state index in [0.717, 1.165) is 24.5 Å². The van der Waals surface area contributed by atoms with E-state index >= 15 is 0 Å². The fourth-order valence-electron chi connectivity index (χ4n) is 4.69. The third-order valence-corrected chi connectivity index (χ3v) is 5.73. The number of methoxy groups -OCH3 is 1. The molecule has 0 spiro atoms. The number of ether oxygens (including phenoxy) is 3. The normalized spacial score (nSPS) is 38.7. The van der Waals surface area contributed by atoms with E-state index in [1.807, 2.05) is 0 Å². The van der Waals surface area contributed by atoms with Crippen molar-refractivity contribution in [1.82, 2.24) is 4.90 Å². The molecule has 1 saturated heterocycles. The van der Waals surface area contributed by atoms with Crippen molar-refractivity contribution < 1.29 is 19.3 Å². The fraction of sp³-hybridized carbons (Fsp3) is 0.529. The number of hydrogen-bond donors (Lipinski definition) is 1. The maximum Gasteiger partial charge on any atom is 0.231 e. The summed E-state index contributed by atoms with van der Waals surface area (Å²) in [5, 5.41) is 10.8. The Balaban J connectivity index is 0.00000135. The van der Waals surface area contributed by atoms with Gasteiger partial charge in [-0.25, -0.2) is 0 Å². The highest BCUT2D eigenvalue weighted by atomic mass is 35.5. The average Bonchev–Trinajstić information content (AvgIpc) is 3.06. The van der Waals surface area contributed by atoms with Gasteiger partial charge in [0.1, 0.15) is 0 Å². The van der Waals surface area contributed by atoms with Crippen LogP contribution in [0.4, 0.5) is 0 Å². The molecule has 0 amide bonds. The highest BCUT2D eigenvalue weighted by Crippen LogP contribution is 2.53. The largest absolute Gasteiger partial charge is 0.454 e. The smallest absolute Gasteiger partial charge is 0.231 e. The van der Waals surface area contributed by atoms with Crippen LogP contribution in [0.15, 0.2) is 24.3 Å². The summed E-state index contributed by atoms with van der Waals surface area (Å²) >= 11 is 0. The molecule has 1 aromatic rings. The zero-order valence-corrected chi connectivity index (χ0v) is 13.7. The van der Waals surface area contributed by atoms with Crippen LogP contribution in [0, 0.1) is 0 Å². The lowest BCUT2D eigenvalue weighted by atomic mass is 9.65. The van der Waals surface area contributed by atoms with Gasteiger partial charge in [0.15, 0.2) is 11.5 Å². The van der Waals surface area contributed by atoms with Gasteiger partial charge in [0, 0.05) is 26.2 Å². The molecule has 5 rings (SSSR count). The molecule has 0 radical (unpaired) electrons. The Kier molecular flexibility index (Phi) is 3.39. The molecule has 3 heterocycles. The zero-order chi connectivity index (χ0) is 14.9. The average molecular weight is 338 g/mol. The van der Waals surface area contributed by atoms with E-state index in [1.165, 1.54) is 11.1 Å². The van der Waals surface area contributed by atoms with Crippen molar-refractivity contribution in [2.24, 2.45) is 0 Å². The van der Waals surface area contributed by atoms with Crippen LogP contribution in [0.5, 0.6) is 11.5 Å². The van der Waals surface area contributed by atoms with Gasteiger partial charge in [-0.1, -0.05) is 12.2 Å². The quantitative estimate of drug-likeness (QED) is 0.789. The first-order chi connectivity index (χ1) is 10.7. The SMILES string of the molecule is CO[C@@H]1C=C[C@@]23c4cc5c(cc4CN(C[C@@H]2O)[C@H]3C1)OCO5.Cl. The molecule has 0 saturated carbocycles. The van der Waals surface area contributed by atoms with Gasteiger partial charge in [-0.3, -0.25) is 4.90 Å². The third kappa shape index (κ3) is 1.85. The molecule has 1 fully saturated rings. The summed E-state index contributed by atoms with van der Waals surface area (Å²) in [4.78, 5) is 2.38. The predicted molar refractivity (Wildman–Crippen MR) is 86.2 cm³/mol. The summed E-state index contributed by atoms with van der Waals surface area (Å²) in [6.07, 6.45) is 4.91. The minimum atomic E-state index is -0.395. The number of rotatable bonds is 1. The molecule has 5 atom stereocenters. The standard InChI is InChI=1S/C17H19NO4.ClH/c1-20-11-2-3-17-12-6-14-13(21-9-22-14)4-10(12)7-18(8-16(17)19)15(17)5-11;/h2-4,6,11,15-16,19H,5,7-9H2,1H3;1H/t11-,15+,16+,17+;/m1./s1. The van der Waals surface area contributed by atoms with Gasteiger partial charge < -0.3 is 19.3 Å². The van der Waals surface area contributed by atoms with Crippen LogP contribution in [-0.2, 0) is 16.7 Å². The molecule has 5 nitrogen and oxygen atoms in total. The van der Waals surface area contributed by atoms with Crippen LogP contribution in [0.3, 0.4) is 0 Å². The molecule has 1 unspecified atom stereocenters. The van der Waals surface area contributed by atoms with Gasteiger partial charge in [-0.2, -0.15) is 0 Å². The second kappa shape index (κ2) is 5.11. The number of aliphatic hydroxyl groups is 1. The fourth-order valence-corrected chi connectivity index (χ4v) is 4.69. The topological polar surface area (TPSA) is 51.2 Å². The van der Waals surface area contributed by atoms with Gasteiger partial charge in [-0.05, 0) is 29.7 Å². The molecule has 6 heteroatoms. The Morgan fingerprint density at radius 2 is 2.09 bits per heavy atom. The molecule has 4 aliphatic rings. The first-order valence-electron chi connectivity index (χ1n) is 7.79. The zero-order valence-electron chi connectivity index (χ0n) is 12.9. The van der Waals surface area contributed by atoms with E-state index in [2.05, 4.69) is 29.2 Å². The number of halogens is 1.